The van der Waals surface area contributed by atoms with E-state index in [4.69, 9.17) is 33.7 Å². The highest BCUT2D eigenvalue weighted by molar-refractivity contribution is 7.80. The fraction of sp³-hybridized carbons (Fsp3) is 0.0833. The molecule has 1 aromatic rings. The molecule has 0 aliphatic rings. The topological polar surface area (TPSA) is 102 Å². The van der Waals surface area contributed by atoms with E-state index in [1.807, 2.05) is 6.07 Å². The molecule has 0 bridgehead atoms. The Hall–Kier alpha value is -2.39. The third kappa shape index (κ3) is 4.23. The summed E-state index contributed by atoms with van der Waals surface area (Å²) in [6.45, 7) is -0.175. The number of ether oxygens (including phenoxy) is 1. The first-order chi connectivity index (χ1) is 8.52. The Bertz CT molecular complexity index is 529. The average Bonchev–Trinajstić information content (AvgIpc) is 2.34. The van der Waals surface area contributed by atoms with Gasteiger partial charge in [0.15, 0.2) is 6.61 Å². The van der Waals surface area contributed by atoms with Gasteiger partial charge in [0.05, 0.1) is 5.57 Å². The Labute approximate surface area is 110 Å². The van der Waals surface area contributed by atoms with Crippen LogP contribution in [0.5, 0.6) is 5.75 Å². The molecule has 0 aliphatic carbocycles. The van der Waals surface area contributed by atoms with E-state index < -0.39 is 5.91 Å². The largest absolute Gasteiger partial charge is 0.484 e. The molecule has 5 nitrogen and oxygen atoms in total. The van der Waals surface area contributed by atoms with Crippen molar-refractivity contribution in [2.75, 3.05) is 6.61 Å². The third-order valence-electron chi connectivity index (χ3n) is 1.96. The van der Waals surface area contributed by atoms with E-state index in [9.17, 15) is 4.79 Å². The Morgan fingerprint density at radius 3 is 2.44 bits per heavy atom. The number of carbonyl (C=O) groups excluding carboxylic acids is 1. The van der Waals surface area contributed by atoms with Gasteiger partial charge in [-0.25, -0.2) is 0 Å². The van der Waals surface area contributed by atoms with E-state index in [0.717, 1.165) is 5.56 Å². The SMILES string of the molecule is N#CC(=Cc1ccc(OCC(N)=O)cc1)C(N)=S. The summed E-state index contributed by atoms with van der Waals surface area (Å²) >= 11 is 4.72. The molecule has 0 spiro atoms. The maximum atomic E-state index is 10.5. The lowest BCUT2D eigenvalue weighted by atomic mass is 10.1. The molecule has 1 aromatic carbocycles. The zero-order valence-corrected chi connectivity index (χ0v) is 10.2. The summed E-state index contributed by atoms with van der Waals surface area (Å²) < 4.78 is 5.09. The number of benzene rings is 1. The Morgan fingerprint density at radius 1 is 1.39 bits per heavy atom. The van der Waals surface area contributed by atoms with Gasteiger partial charge in [-0.3, -0.25) is 4.79 Å². The van der Waals surface area contributed by atoms with E-state index in [1.54, 1.807) is 30.3 Å². The molecule has 0 radical (unpaired) electrons. The van der Waals surface area contributed by atoms with Crippen molar-refractivity contribution in [3.8, 4) is 11.8 Å². The van der Waals surface area contributed by atoms with Crippen LogP contribution in [0.1, 0.15) is 5.56 Å². The molecule has 0 aromatic heterocycles. The van der Waals surface area contributed by atoms with Crippen LogP contribution in [-0.4, -0.2) is 17.5 Å². The van der Waals surface area contributed by atoms with Crippen LogP contribution in [0.4, 0.5) is 0 Å². The van der Waals surface area contributed by atoms with E-state index >= 15 is 0 Å². The molecule has 0 fully saturated rings. The van der Waals surface area contributed by atoms with Crippen LogP contribution in [0.15, 0.2) is 29.8 Å². The van der Waals surface area contributed by atoms with Crippen molar-refractivity contribution >= 4 is 29.2 Å². The number of hydrogen-bond acceptors (Lipinski definition) is 4. The Kier molecular flexibility index (Phi) is 4.84. The third-order valence-corrected chi connectivity index (χ3v) is 2.18. The highest BCUT2D eigenvalue weighted by Gasteiger charge is 2.00. The van der Waals surface area contributed by atoms with Gasteiger partial charge >= 0.3 is 0 Å². The maximum absolute atomic E-state index is 10.5. The lowest BCUT2D eigenvalue weighted by molar-refractivity contribution is -0.119. The number of nitrogens with zero attached hydrogens (tertiary/aromatic N) is 1. The van der Waals surface area contributed by atoms with Crippen molar-refractivity contribution in [2.24, 2.45) is 11.5 Å². The minimum atomic E-state index is -0.542. The number of carbonyl (C=O) groups is 1. The molecule has 1 amide bonds. The number of amides is 1. The zero-order valence-electron chi connectivity index (χ0n) is 9.42. The van der Waals surface area contributed by atoms with Crippen molar-refractivity contribution < 1.29 is 9.53 Å². The molecular formula is C12H11N3O2S. The van der Waals surface area contributed by atoms with Crippen molar-refractivity contribution in [3.05, 3.63) is 35.4 Å². The number of thiocarbonyl (C=S) groups is 1. The molecule has 0 aliphatic heterocycles. The van der Waals surface area contributed by atoms with Crippen molar-refractivity contribution in [1.29, 1.82) is 5.26 Å². The van der Waals surface area contributed by atoms with Gasteiger partial charge in [0.1, 0.15) is 16.8 Å². The van der Waals surface area contributed by atoms with Crippen LogP contribution >= 0.6 is 12.2 Å². The smallest absolute Gasteiger partial charge is 0.255 e. The molecule has 92 valence electrons. The molecule has 0 unspecified atom stereocenters. The number of nitrogens with two attached hydrogens (primary N) is 2. The molecule has 0 saturated heterocycles. The van der Waals surface area contributed by atoms with Crippen LogP contribution in [0, 0.1) is 11.3 Å². The number of hydrogen-bond donors (Lipinski definition) is 2. The van der Waals surface area contributed by atoms with E-state index in [1.165, 1.54) is 0 Å². The van der Waals surface area contributed by atoms with Gasteiger partial charge in [0.2, 0.25) is 0 Å². The maximum Gasteiger partial charge on any atom is 0.255 e. The number of rotatable bonds is 5. The second-order valence-electron chi connectivity index (χ2n) is 3.36. The average molecular weight is 261 g/mol. The summed E-state index contributed by atoms with van der Waals surface area (Å²) in [5, 5.41) is 8.80. The first-order valence-corrected chi connectivity index (χ1v) is 5.36. The van der Waals surface area contributed by atoms with E-state index in [-0.39, 0.29) is 17.2 Å². The van der Waals surface area contributed by atoms with Crippen LogP contribution in [0.25, 0.3) is 6.08 Å². The number of primary amides is 1. The van der Waals surface area contributed by atoms with Gasteiger partial charge < -0.3 is 16.2 Å². The monoisotopic (exact) mass is 261 g/mol. The normalized spacial score (nSPS) is 10.5. The Balaban J connectivity index is 2.80. The molecule has 0 heterocycles. The van der Waals surface area contributed by atoms with E-state index in [0.29, 0.717) is 5.75 Å². The Morgan fingerprint density at radius 2 is 2.00 bits per heavy atom. The van der Waals surface area contributed by atoms with Gasteiger partial charge in [-0.2, -0.15) is 5.26 Å². The summed E-state index contributed by atoms with van der Waals surface area (Å²) in [4.78, 5) is 10.6. The standard InChI is InChI=1S/C12H11N3O2S/c13-6-9(12(15)18)5-8-1-3-10(4-2-8)17-7-11(14)16/h1-5H,7H2,(H2,14,16)(H2,15,18). The van der Waals surface area contributed by atoms with Crippen LogP contribution in [0.2, 0.25) is 0 Å². The summed E-state index contributed by atoms with van der Waals surface area (Å²) in [5.41, 5.74) is 11.3. The fourth-order valence-electron chi connectivity index (χ4n) is 1.14. The second kappa shape index (κ2) is 6.37. The predicted molar refractivity (Wildman–Crippen MR) is 71.5 cm³/mol. The summed E-state index contributed by atoms with van der Waals surface area (Å²) in [6.07, 6.45) is 1.57. The van der Waals surface area contributed by atoms with E-state index in [2.05, 4.69) is 0 Å². The van der Waals surface area contributed by atoms with Crippen LogP contribution < -0.4 is 16.2 Å². The summed E-state index contributed by atoms with van der Waals surface area (Å²) in [5.74, 6) is -0.0287. The molecular weight excluding hydrogens is 250 g/mol. The molecule has 0 saturated carbocycles. The van der Waals surface area contributed by atoms with Gasteiger partial charge in [0, 0.05) is 0 Å². The number of nitriles is 1. The molecule has 0 atom stereocenters. The molecule has 18 heavy (non-hydrogen) atoms. The quantitative estimate of drug-likeness (QED) is 0.462. The molecule has 1 rings (SSSR count). The van der Waals surface area contributed by atoms with Crippen molar-refractivity contribution in [1.82, 2.24) is 0 Å². The van der Waals surface area contributed by atoms with Gasteiger partial charge in [-0.1, -0.05) is 24.4 Å². The first-order valence-electron chi connectivity index (χ1n) is 4.95. The van der Waals surface area contributed by atoms with Crippen LogP contribution in [0.3, 0.4) is 0 Å². The fourth-order valence-corrected chi connectivity index (χ4v) is 1.24. The summed E-state index contributed by atoms with van der Waals surface area (Å²) in [7, 11) is 0. The van der Waals surface area contributed by atoms with Crippen LogP contribution in [-0.2, 0) is 4.79 Å². The minimum absolute atomic E-state index is 0.0477. The zero-order chi connectivity index (χ0) is 13.5. The minimum Gasteiger partial charge on any atom is -0.484 e. The van der Waals surface area contributed by atoms with Crippen molar-refractivity contribution in [3.63, 3.8) is 0 Å². The summed E-state index contributed by atoms with van der Waals surface area (Å²) in [6, 6.07) is 8.65. The lowest BCUT2D eigenvalue weighted by Crippen LogP contribution is -2.19. The highest BCUT2D eigenvalue weighted by Crippen LogP contribution is 2.14. The highest BCUT2D eigenvalue weighted by atomic mass is 32.1. The van der Waals surface area contributed by atoms with Gasteiger partial charge in [-0.05, 0) is 23.8 Å². The predicted octanol–water partition coefficient (Wildman–Crippen LogP) is 0.744. The van der Waals surface area contributed by atoms with Gasteiger partial charge in [0.25, 0.3) is 5.91 Å². The molecule has 6 heteroatoms. The van der Waals surface area contributed by atoms with Crippen molar-refractivity contribution in [2.45, 2.75) is 0 Å². The molecule has 4 N–H and O–H groups in total. The first kappa shape index (κ1) is 13.7. The second-order valence-corrected chi connectivity index (χ2v) is 3.80. The lowest BCUT2D eigenvalue weighted by Gasteiger charge is -2.03. The van der Waals surface area contributed by atoms with Gasteiger partial charge in [-0.15, -0.1) is 0 Å².